The van der Waals surface area contributed by atoms with Crippen LogP contribution in [0.25, 0.3) is 0 Å². The Morgan fingerprint density at radius 3 is 2.57 bits per heavy atom. The minimum atomic E-state index is -1.50. The van der Waals surface area contributed by atoms with Crippen molar-refractivity contribution in [2.45, 2.75) is 31.9 Å². The molecule has 0 spiro atoms. The minimum Gasteiger partial charge on any atom is -0.454 e. The first-order valence-electron chi connectivity index (χ1n) is 7.10. The van der Waals surface area contributed by atoms with Crippen LogP contribution in [0.2, 0.25) is 0 Å². The molecule has 2 heterocycles. The molecule has 0 saturated heterocycles. The number of carboxylic acid groups (broad SMARTS) is 1. The van der Waals surface area contributed by atoms with E-state index in [0.717, 1.165) is 11.1 Å². The van der Waals surface area contributed by atoms with Gasteiger partial charge in [0.25, 0.3) is 0 Å². The summed E-state index contributed by atoms with van der Waals surface area (Å²) in [6, 6.07) is 3.47. The van der Waals surface area contributed by atoms with Crippen LogP contribution in [0.1, 0.15) is 24.0 Å². The second-order valence-electron chi connectivity index (χ2n) is 5.38. The Hall–Kier alpha value is -2.77. The Morgan fingerprint density at radius 1 is 1.17 bits per heavy atom. The smallest absolute Gasteiger partial charge is 0.454 e. The number of Topliss-reactive ketones (excluding diaryl/α,β-unsaturated/α-hetero) is 1. The number of rotatable bonds is 1. The summed E-state index contributed by atoms with van der Waals surface area (Å²) in [5.41, 5.74) is 1.49. The third-order valence-electron chi connectivity index (χ3n) is 3.69. The van der Waals surface area contributed by atoms with Crippen molar-refractivity contribution < 1.29 is 33.7 Å². The minimum absolute atomic E-state index is 0.112. The molecule has 0 saturated carbocycles. The molecule has 0 bridgehead atoms. The van der Waals surface area contributed by atoms with Gasteiger partial charge in [-0.2, -0.15) is 0 Å². The van der Waals surface area contributed by atoms with E-state index in [1.165, 1.54) is 0 Å². The van der Waals surface area contributed by atoms with Crippen LogP contribution in [-0.4, -0.2) is 35.8 Å². The van der Waals surface area contributed by atoms with Crippen LogP contribution in [0.3, 0.4) is 0 Å². The van der Waals surface area contributed by atoms with Gasteiger partial charge >= 0.3 is 6.16 Å². The molecule has 1 aromatic rings. The van der Waals surface area contributed by atoms with Gasteiger partial charge in [0.2, 0.25) is 12.7 Å². The van der Waals surface area contributed by atoms with Crippen LogP contribution in [-0.2, 0) is 27.3 Å². The Kier molecular flexibility index (Phi) is 4.05. The molecular formula is C15H15NO7. The summed E-state index contributed by atoms with van der Waals surface area (Å²) in [4.78, 5) is 34.7. The molecule has 0 fully saturated rings. The van der Waals surface area contributed by atoms with Gasteiger partial charge in [-0.25, -0.2) is 4.79 Å². The molecule has 0 radical (unpaired) electrons. The van der Waals surface area contributed by atoms with E-state index in [2.05, 4.69) is 10.1 Å². The number of carbonyl (C=O) groups is 3. The summed E-state index contributed by atoms with van der Waals surface area (Å²) in [5, 5.41) is 11.4. The number of fused-ring (bicyclic) bond motifs is 2. The molecule has 3 rings (SSSR count). The summed E-state index contributed by atoms with van der Waals surface area (Å²) >= 11 is 0. The molecule has 23 heavy (non-hydrogen) atoms. The van der Waals surface area contributed by atoms with Crippen molar-refractivity contribution in [2.75, 3.05) is 6.79 Å². The van der Waals surface area contributed by atoms with Crippen LogP contribution in [0.4, 0.5) is 4.79 Å². The lowest BCUT2D eigenvalue weighted by molar-refractivity contribution is -0.125. The van der Waals surface area contributed by atoms with Crippen LogP contribution in [0, 0.1) is 0 Å². The SMILES string of the molecule is O=C1Cc2cc3c(cc2CNC(=O)C[C@H](OC(=O)O)C1)OCO3. The van der Waals surface area contributed by atoms with Crippen molar-refractivity contribution in [3.05, 3.63) is 23.3 Å². The molecule has 8 heteroatoms. The first-order valence-corrected chi connectivity index (χ1v) is 7.10. The Morgan fingerprint density at radius 2 is 1.87 bits per heavy atom. The molecule has 0 aliphatic carbocycles. The van der Waals surface area contributed by atoms with Gasteiger partial charge in [0.1, 0.15) is 11.9 Å². The molecule has 0 unspecified atom stereocenters. The maximum atomic E-state index is 12.2. The zero-order chi connectivity index (χ0) is 16.4. The lowest BCUT2D eigenvalue weighted by Gasteiger charge is -2.19. The molecule has 2 aliphatic rings. The van der Waals surface area contributed by atoms with Crippen LogP contribution in [0.5, 0.6) is 11.5 Å². The third kappa shape index (κ3) is 3.53. The number of hydrogen-bond donors (Lipinski definition) is 2. The van der Waals surface area contributed by atoms with Gasteiger partial charge in [-0.05, 0) is 23.3 Å². The van der Waals surface area contributed by atoms with Crippen molar-refractivity contribution in [1.82, 2.24) is 5.32 Å². The summed E-state index contributed by atoms with van der Waals surface area (Å²) in [6.07, 6.45) is -2.70. The summed E-state index contributed by atoms with van der Waals surface area (Å²) in [6.45, 7) is 0.338. The average Bonchev–Trinajstić information content (AvgIpc) is 2.90. The summed E-state index contributed by atoms with van der Waals surface area (Å²) in [5.74, 6) is 0.550. The van der Waals surface area contributed by atoms with E-state index in [0.29, 0.717) is 11.5 Å². The molecule has 1 amide bonds. The zero-order valence-electron chi connectivity index (χ0n) is 12.2. The summed E-state index contributed by atoms with van der Waals surface area (Å²) in [7, 11) is 0. The second kappa shape index (κ2) is 6.15. The lowest BCUT2D eigenvalue weighted by Crippen LogP contribution is -2.32. The van der Waals surface area contributed by atoms with E-state index in [9.17, 15) is 14.4 Å². The molecule has 1 aromatic carbocycles. The quantitative estimate of drug-likeness (QED) is 0.742. The monoisotopic (exact) mass is 321 g/mol. The van der Waals surface area contributed by atoms with Gasteiger partial charge in [0.15, 0.2) is 11.5 Å². The Bertz CT molecular complexity index is 670. The van der Waals surface area contributed by atoms with Gasteiger partial charge in [-0.1, -0.05) is 0 Å². The fourth-order valence-electron chi connectivity index (χ4n) is 2.66. The first-order chi connectivity index (χ1) is 11.0. The number of ketones is 1. The van der Waals surface area contributed by atoms with Crippen molar-refractivity contribution in [2.24, 2.45) is 0 Å². The van der Waals surface area contributed by atoms with Crippen LogP contribution >= 0.6 is 0 Å². The van der Waals surface area contributed by atoms with Gasteiger partial charge in [0.05, 0.1) is 6.42 Å². The fourth-order valence-corrected chi connectivity index (χ4v) is 2.66. The summed E-state index contributed by atoms with van der Waals surface area (Å²) < 4.78 is 15.2. The van der Waals surface area contributed by atoms with Gasteiger partial charge in [-0.15, -0.1) is 0 Å². The average molecular weight is 321 g/mol. The van der Waals surface area contributed by atoms with Crippen LogP contribution in [0.15, 0.2) is 12.1 Å². The van der Waals surface area contributed by atoms with Crippen molar-refractivity contribution >= 4 is 17.8 Å². The fraction of sp³-hybridized carbons (Fsp3) is 0.400. The van der Waals surface area contributed by atoms with Gasteiger partial charge in [-0.3, -0.25) is 9.59 Å². The molecule has 8 nitrogen and oxygen atoms in total. The maximum Gasteiger partial charge on any atom is 0.506 e. The number of carbonyl (C=O) groups excluding carboxylic acids is 2. The van der Waals surface area contributed by atoms with Crippen LogP contribution < -0.4 is 14.8 Å². The van der Waals surface area contributed by atoms with Crippen molar-refractivity contribution in [3.8, 4) is 11.5 Å². The Labute approximate surface area is 131 Å². The van der Waals surface area contributed by atoms with E-state index < -0.39 is 12.3 Å². The Balaban J connectivity index is 1.86. The van der Waals surface area contributed by atoms with E-state index >= 15 is 0 Å². The van der Waals surface area contributed by atoms with Crippen molar-refractivity contribution in [1.29, 1.82) is 0 Å². The number of amides is 1. The van der Waals surface area contributed by atoms with Gasteiger partial charge < -0.3 is 24.6 Å². The van der Waals surface area contributed by atoms with E-state index in [1.54, 1.807) is 12.1 Å². The highest BCUT2D eigenvalue weighted by Gasteiger charge is 2.25. The number of hydrogen-bond acceptors (Lipinski definition) is 6. The van der Waals surface area contributed by atoms with Gasteiger partial charge in [0, 0.05) is 19.4 Å². The number of ether oxygens (including phenoxy) is 3. The predicted octanol–water partition coefficient (Wildman–Crippen LogP) is 1.00. The number of nitrogens with one attached hydrogen (secondary N) is 1. The highest BCUT2D eigenvalue weighted by molar-refractivity contribution is 5.84. The normalized spacial score (nSPS) is 20.4. The molecular weight excluding hydrogens is 306 g/mol. The van der Waals surface area contributed by atoms with E-state index in [-0.39, 0.29) is 44.3 Å². The second-order valence-corrected chi connectivity index (χ2v) is 5.38. The molecule has 2 N–H and O–H groups in total. The standard InChI is InChI=1S/C15H15NO7/c17-10-1-8-2-12-13(22-7-21-12)3-9(8)6-16-14(18)5-11(4-10)23-15(19)20/h2-3,11H,1,4-7H2,(H,16,18)(H,19,20)/t11-/m1/s1. The molecule has 1 atom stereocenters. The largest absolute Gasteiger partial charge is 0.506 e. The van der Waals surface area contributed by atoms with E-state index in [1.807, 2.05) is 0 Å². The maximum absolute atomic E-state index is 12.2. The lowest BCUT2D eigenvalue weighted by atomic mass is 9.97. The molecule has 2 aliphatic heterocycles. The third-order valence-corrected chi connectivity index (χ3v) is 3.69. The number of benzene rings is 1. The topological polar surface area (TPSA) is 111 Å². The highest BCUT2D eigenvalue weighted by atomic mass is 16.7. The van der Waals surface area contributed by atoms with E-state index in [4.69, 9.17) is 14.6 Å². The molecule has 122 valence electrons. The molecule has 0 aromatic heterocycles. The highest BCUT2D eigenvalue weighted by Crippen LogP contribution is 2.35. The predicted molar refractivity (Wildman–Crippen MR) is 75.3 cm³/mol. The zero-order valence-corrected chi connectivity index (χ0v) is 12.2. The first kappa shape index (κ1) is 15.1. The van der Waals surface area contributed by atoms with Crippen molar-refractivity contribution in [3.63, 3.8) is 0 Å².